The Balaban J connectivity index is 2.28. The minimum Gasteiger partial charge on any atom is -0.496 e. The fraction of sp³-hybridized carbons (Fsp3) is 0.286. The average Bonchev–Trinajstić information content (AvgIpc) is 2.70. The number of carbonyl (C=O) groups is 2. The molecule has 2 N–H and O–H groups in total. The number of hydrogen-bond acceptors (Lipinski definition) is 4. The van der Waals surface area contributed by atoms with Crippen LogP contribution in [0.5, 0.6) is 5.75 Å². The molecule has 1 aliphatic rings. The standard InChI is InChI=1S/C14H15NO4/c1-8-11(5-6-12(8)16)15-9-3-4-10(14(17)18)13(7-9)19-2/h3-4,7,15H,5-6H2,1-2H3,(H,17,18). The van der Waals surface area contributed by atoms with Crippen molar-refractivity contribution in [3.05, 3.63) is 35.0 Å². The number of benzene rings is 1. The van der Waals surface area contributed by atoms with Crippen LogP contribution < -0.4 is 10.1 Å². The zero-order valence-electron chi connectivity index (χ0n) is 10.8. The summed E-state index contributed by atoms with van der Waals surface area (Å²) in [6, 6.07) is 4.76. The second kappa shape index (κ2) is 5.14. The quantitative estimate of drug-likeness (QED) is 0.870. The van der Waals surface area contributed by atoms with E-state index in [1.807, 2.05) is 0 Å². The molecule has 5 nitrogen and oxygen atoms in total. The molecule has 0 saturated heterocycles. The number of aromatic carboxylic acids is 1. The molecule has 0 atom stereocenters. The highest BCUT2D eigenvalue weighted by molar-refractivity contribution is 5.98. The maximum absolute atomic E-state index is 11.4. The number of Topliss-reactive ketones (excluding diaryl/α,β-unsaturated/α-hetero) is 1. The summed E-state index contributed by atoms with van der Waals surface area (Å²) in [6.45, 7) is 1.79. The summed E-state index contributed by atoms with van der Waals surface area (Å²) in [5.74, 6) is -0.591. The highest BCUT2D eigenvalue weighted by atomic mass is 16.5. The van der Waals surface area contributed by atoms with Gasteiger partial charge in [-0.1, -0.05) is 0 Å². The van der Waals surface area contributed by atoms with Crippen LogP contribution in [-0.4, -0.2) is 24.0 Å². The SMILES string of the molecule is COc1cc(NC2=C(C)C(=O)CC2)ccc1C(=O)O. The minimum atomic E-state index is -1.03. The lowest BCUT2D eigenvalue weighted by atomic mass is 10.1. The van der Waals surface area contributed by atoms with E-state index >= 15 is 0 Å². The van der Waals surface area contributed by atoms with Gasteiger partial charge in [0.25, 0.3) is 0 Å². The first kappa shape index (κ1) is 13.1. The molecule has 0 radical (unpaired) electrons. The summed E-state index contributed by atoms with van der Waals surface area (Å²) >= 11 is 0. The molecule has 2 rings (SSSR count). The van der Waals surface area contributed by atoms with Crippen molar-refractivity contribution in [1.29, 1.82) is 0 Å². The van der Waals surface area contributed by atoms with Crippen molar-refractivity contribution in [3.63, 3.8) is 0 Å². The molecule has 100 valence electrons. The Morgan fingerprint density at radius 2 is 2.11 bits per heavy atom. The van der Waals surface area contributed by atoms with Crippen molar-refractivity contribution in [2.24, 2.45) is 0 Å². The van der Waals surface area contributed by atoms with E-state index in [9.17, 15) is 9.59 Å². The van der Waals surface area contributed by atoms with E-state index < -0.39 is 5.97 Å². The lowest BCUT2D eigenvalue weighted by Crippen LogP contribution is -2.03. The topological polar surface area (TPSA) is 75.6 Å². The number of ketones is 1. The summed E-state index contributed by atoms with van der Waals surface area (Å²) in [5.41, 5.74) is 2.45. The number of carbonyl (C=O) groups excluding carboxylic acids is 1. The van der Waals surface area contributed by atoms with Crippen LogP contribution in [0.15, 0.2) is 29.5 Å². The number of methoxy groups -OCH3 is 1. The number of anilines is 1. The Morgan fingerprint density at radius 3 is 2.63 bits per heavy atom. The van der Waals surface area contributed by atoms with E-state index in [4.69, 9.17) is 9.84 Å². The van der Waals surface area contributed by atoms with Gasteiger partial charge < -0.3 is 15.2 Å². The number of ether oxygens (including phenoxy) is 1. The van der Waals surface area contributed by atoms with E-state index in [0.29, 0.717) is 24.3 Å². The number of hydrogen-bond donors (Lipinski definition) is 2. The predicted molar refractivity (Wildman–Crippen MR) is 70.5 cm³/mol. The smallest absolute Gasteiger partial charge is 0.339 e. The second-order valence-corrected chi connectivity index (χ2v) is 4.37. The maximum atomic E-state index is 11.4. The summed E-state index contributed by atoms with van der Waals surface area (Å²) in [6.07, 6.45) is 1.21. The minimum absolute atomic E-state index is 0.112. The number of rotatable bonds is 4. The molecular formula is C14H15NO4. The summed E-state index contributed by atoms with van der Waals surface area (Å²) in [5, 5.41) is 12.1. The molecule has 0 fully saturated rings. The highest BCUT2D eigenvalue weighted by Crippen LogP contribution is 2.28. The van der Waals surface area contributed by atoms with Crippen LogP contribution in [0.3, 0.4) is 0 Å². The monoisotopic (exact) mass is 261 g/mol. The molecule has 0 bridgehead atoms. The van der Waals surface area contributed by atoms with Gasteiger partial charge in [-0.2, -0.15) is 0 Å². The number of allylic oxidation sites excluding steroid dienone is 2. The predicted octanol–water partition coefficient (Wildman–Crippen LogP) is 2.44. The lowest BCUT2D eigenvalue weighted by molar-refractivity contribution is -0.114. The molecule has 0 heterocycles. The second-order valence-electron chi connectivity index (χ2n) is 4.37. The van der Waals surface area contributed by atoms with Gasteiger partial charge in [-0.3, -0.25) is 4.79 Å². The molecule has 1 aromatic rings. The van der Waals surface area contributed by atoms with Gasteiger partial charge >= 0.3 is 5.97 Å². The first-order chi connectivity index (χ1) is 9.02. The van der Waals surface area contributed by atoms with Crippen molar-refractivity contribution in [1.82, 2.24) is 0 Å². The third-order valence-corrected chi connectivity index (χ3v) is 3.20. The van der Waals surface area contributed by atoms with E-state index in [-0.39, 0.29) is 11.3 Å². The van der Waals surface area contributed by atoms with Gasteiger partial charge in [-0.15, -0.1) is 0 Å². The highest BCUT2D eigenvalue weighted by Gasteiger charge is 2.19. The molecule has 0 saturated carbocycles. The fourth-order valence-corrected chi connectivity index (χ4v) is 2.06. The van der Waals surface area contributed by atoms with Gasteiger partial charge in [-0.05, 0) is 25.5 Å². The fourth-order valence-electron chi connectivity index (χ4n) is 2.06. The first-order valence-electron chi connectivity index (χ1n) is 5.94. The Hall–Kier alpha value is -2.30. The maximum Gasteiger partial charge on any atom is 0.339 e. The van der Waals surface area contributed by atoms with Crippen LogP contribution in [0.1, 0.15) is 30.1 Å². The van der Waals surface area contributed by atoms with Gasteiger partial charge in [0.05, 0.1) is 7.11 Å². The number of carboxylic acids is 1. The average molecular weight is 261 g/mol. The summed E-state index contributed by atoms with van der Waals surface area (Å²) in [4.78, 5) is 22.4. The van der Waals surface area contributed by atoms with Crippen molar-refractivity contribution < 1.29 is 19.4 Å². The van der Waals surface area contributed by atoms with Crippen molar-refractivity contribution in [2.75, 3.05) is 12.4 Å². The Labute approximate surface area is 110 Å². The summed E-state index contributed by atoms with van der Waals surface area (Å²) in [7, 11) is 1.43. The van der Waals surface area contributed by atoms with Gasteiger partial charge in [0.1, 0.15) is 11.3 Å². The van der Waals surface area contributed by atoms with Crippen molar-refractivity contribution >= 4 is 17.4 Å². The Kier molecular flexibility index (Phi) is 3.55. The molecule has 0 spiro atoms. The lowest BCUT2D eigenvalue weighted by Gasteiger charge is -2.11. The summed E-state index contributed by atoms with van der Waals surface area (Å²) < 4.78 is 5.06. The van der Waals surface area contributed by atoms with Crippen LogP contribution >= 0.6 is 0 Å². The van der Waals surface area contributed by atoms with Gasteiger partial charge in [0, 0.05) is 29.4 Å². The zero-order valence-corrected chi connectivity index (χ0v) is 10.8. The van der Waals surface area contributed by atoms with Gasteiger partial charge in [-0.25, -0.2) is 4.79 Å². The third-order valence-electron chi connectivity index (χ3n) is 3.20. The molecule has 5 heteroatoms. The molecule has 1 aliphatic carbocycles. The molecular weight excluding hydrogens is 246 g/mol. The normalized spacial score (nSPS) is 14.7. The molecule has 0 aliphatic heterocycles. The number of nitrogens with one attached hydrogen (secondary N) is 1. The molecule has 1 aromatic carbocycles. The van der Waals surface area contributed by atoms with E-state index in [2.05, 4.69) is 5.32 Å². The third kappa shape index (κ3) is 2.59. The van der Waals surface area contributed by atoms with Gasteiger partial charge in [0.2, 0.25) is 0 Å². The van der Waals surface area contributed by atoms with E-state index in [1.54, 1.807) is 19.1 Å². The number of carboxylic acid groups (broad SMARTS) is 1. The zero-order chi connectivity index (χ0) is 14.0. The largest absolute Gasteiger partial charge is 0.496 e. The Morgan fingerprint density at radius 1 is 1.37 bits per heavy atom. The molecule has 19 heavy (non-hydrogen) atoms. The van der Waals surface area contributed by atoms with Crippen LogP contribution in [0, 0.1) is 0 Å². The van der Waals surface area contributed by atoms with E-state index in [1.165, 1.54) is 13.2 Å². The van der Waals surface area contributed by atoms with Crippen LogP contribution in [0.25, 0.3) is 0 Å². The van der Waals surface area contributed by atoms with Crippen LogP contribution in [-0.2, 0) is 4.79 Å². The molecule has 0 unspecified atom stereocenters. The first-order valence-corrected chi connectivity index (χ1v) is 5.94. The van der Waals surface area contributed by atoms with Crippen LogP contribution in [0.4, 0.5) is 5.69 Å². The van der Waals surface area contributed by atoms with Crippen LogP contribution in [0.2, 0.25) is 0 Å². The van der Waals surface area contributed by atoms with E-state index in [0.717, 1.165) is 11.3 Å². The molecule has 0 aromatic heterocycles. The molecule has 0 amide bonds. The van der Waals surface area contributed by atoms with Gasteiger partial charge in [0.15, 0.2) is 5.78 Å². The van der Waals surface area contributed by atoms with Crippen molar-refractivity contribution in [2.45, 2.75) is 19.8 Å². The Bertz CT molecular complexity index is 575. The van der Waals surface area contributed by atoms with Crippen molar-refractivity contribution in [3.8, 4) is 5.75 Å².